The van der Waals surface area contributed by atoms with Crippen LogP contribution in [0, 0.1) is 17.3 Å². The monoisotopic (exact) mass is 428 g/mol. The van der Waals surface area contributed by atoms with Gasteiger partial charge in [0.05, 0.1) is 5.60 Å². The highest BCUT2D eigenvalue weighted by Gasteiger charge is 2.45. The summed E-state index contributed by atoms with van der Waals surface area (Å²) in [6.45, 7) is 10.2. The molecule has 1 N–H and O–H groups in total. The van der Waals surface area contributed by atoms with Crippen LogP contribution in [0.2, 0.25) is 0 Å². The summed E-state index contributed by atoms with van der Waals surface area (Å²) in [5.41, 5.74) is 4.45. The van der Waals surface area contributed by atoms with Crippen molar-refractivity contribution in [1.29, 1.82) is 0 Å². The van der Waals surface area contributed by atoms with Crippen molar-refractivity contribution in [3.05, 3.63) is 34.9 Å². The molecule has 0 heterocycles. The summed E-state index contributed by atoms with van der Waals surface area (Å²) < 4.78 is 5.47. The van der Waals surface area contributed by atoms with Crippen LogP contribution in [0.3, 0.4) is 0 Å². The van der Waals surface area contributed by atoms with E-state index in [1.807, 2.05) is 13.8 Å². The molecule has 0 saturated heterocycles. The van der Waals surface area contributed by atoms with E-state index in [2.05, 4.69) is 32.1 Å². The summed E-state index contributed by atoms with van der Waals surface area (Å²) in [4.78, 5) is 11.3. The molecule has 0 radical (unpaired) electrons. The topological polar surface area (TPSA) is 46.5 Å². The molecule has 174 valence electrons. The number of hydrogen-bond acceptors (Lipinski definition) is 3. The van der Waals surface area contributed by atoms with Gasteiger partial charge in [-0.1, -0.05) is 55.2 Å². The highest BCUT2D eigenvalue weighted by atomic mass is 16.5. The number of esters is 1. The molecule has 2 saturated carbocycles. The molecule has 0 aliphatic heterocycles. The molecular weight excluding hydrogens is 384 g/mol. The quantitative estimate of drug-likeness (QED) is 0.349. The Morgan fingerprint density at radius 3 is 2.81 bits per heavy atom. The smallest absolute Gasteiger partial charge is 0.302 e. The maximum atomic E-state index is 11.3. The second-order valence-corrected chi connectivity index (χ2v) is 11.2. The zero-order valence-corrected chi connectivity index (χ0v) is 20.5. The standard InChI is InChI=1S/C28H44O3/c1-20(9-7-17-27(3,4)30)25-15-16-26-23(11-8-18-28(25,26)5)14-13-22-10-6-12-24(19-22)31-21(2)29/h13-15,20,24,26,30H,6-12,16-19H2,1-5H3/b22-13-,23-14+/t20-,24+,26?,28-/m1/s1. The van der Waals surface area contributed by atoms with Crippen LogP contribution >= 0.6 is 0 Å². The third-order valence-electron chi connectivity index (χ3n) is 7.95. The molecule has 3 aliphatic carbocycles. The van der Waals surface area contributed by atoms with E-state index < -0.39 is 5.60 Å². The molecule has 3 heteroatoms. The summed E-state index contributed by atoms with van der Waals surface area (Å²) in [6, 6.07) is 0. The van der Waals surface area contributed by atoms with Gasteiger partial charge in [0, 0.05) is 13.3 Å². The number of ether oxygens (including phenoxy) is 1. The Bertz CT molecular complexity index is 736. The highest BCUT2D eigenvalue weighted by Crippen LogP contribution is 2.57. The zero-order valence-electron chi connectivity index (χ0n) is 20.5. The molecule has 3 aliphatic rings. The lowest BCUT2D eigenvalue weighted by atomic mass is 9.62. The Morgan fingerprint density at radius 1 is 1.32 bits per heavy atom. The van der Waals surface area contributed by atoms with E-state index in [1.54, 1.807) is 11.1 Å². The average Bonchev–Trinajstić information content (AvgIpc) is 3.02. The Labute approximate surface area is 190 Å². The van der Waals surface area contributed by atoms with Gasteiger partial charge in [-0.3, -0.25) is 4.79 Å². The van der Waals surface area contributed by atoms with Crippen LogP contribution in [0.5, 0.6) is 0 Å². The van der Waals surface area contributed by atoms with Crippen molar-refractivity contribution in [2.24, 2.45) is 17.3 Å². The molecule has 1 unspecified atom stereocenters. The lowest BCUT2D eigenvalue weighted by Crippen LogP contribution is -2.32. The Morgan fingerprint density at radius 2 is 2.10 bits per heavy atom. The SMILES string of the molecule is CC(=O)O[C@H]1CCC/C(=C/C=C2\CCC[C@]3(C)C([C@H](C)CCCC(C)(C)O)=CCC23)C1. The van der Waals surface area contributed by atoms with Crippen molar-refractivity contribution in [2.75, 3.05) is 0 Å². The van der Waals surface area contributed by atoms with E-state index in [-0.39, 0.29) is 12.1 Å². The number of rotatable bonds is 7. The molecule has 3 rings (SSSR count). The van der Waals surface area contributed by atoms with E-state index in [0.717, 1.165) is 38.5 Å². The molecule has 4 atom stereocenters. The van der Waals surface area contributed by atoms with Gasteiger partial charge in [-0.25, -0.2) is 0 Å². The van der Waals surface area contributed by atoms with Crippen LogP contribution in [0.4, 0.5) is 0 Å². The van der Waals surface area contributed by atoms with Crippen molar-refractivity contribution >= 4 is 5.97 Å². The van der Waals surface area contributed by atoms with Gasteiger partial charge in [0.1, 0.15) is 6.10 Å². The Kier molecular flexibility index (Phi) is 7.89. The lowest BCUT2D eigenvalue weighted by molar-refractivity contribution is -0.147. The number of carbonyl (C=O) groups excluding carboxylic acids is 1. The molecule has 0 aromatic rings. The maximum absolute atomic E-state index is 11.3. The first kappa shape index (κ1) is 24.3. The second-order valence-electron chi connectivity index (χ2n) is 11.2. The summed E-state index contributed by atoms with van der Waals surface area (Å²) >= 11 is 0. The van der Waals surface area contributed by atoms with Crippen molar-refractivity contribution in [3.63, 3.8) is 0 Å². The minimum absolute atomic E-state index is 0.0667. The summed E-state index contributed by atoms with van der Waals surface area (Å²) in [6.07, 6.45) is 19.6. The van der Waals surface area contributed by atoms with Crippen LogP contribution in [-0.2, 0) is 9.53 Å². The molecule has 0 aromatic heterocycles. The summed E-state index contributed by atoms with van der Waals surface area (Å²) in [7, 11) is 0. The van der Waals surface area contributed by atoms with Crippen LogP contribution in [0.1, 0.15) is 105 Å². The lowest BCUT2D eigenvalue weighted by Gasteiger charge is -2.42. The Balaban J connectivity index is 1.65. The van der Waals surface area contributed by atoms with Gasteiger partial charge >= 0.3 is 5.97 Å². The molecular formula is C28H44O3. The number of hydrogen-bond donors (Lipinski definition) is 1. The van der Waals surface area contributed by atoms with Crippen molar-refractivity contribution in [1.82, 2.24) is 0 Å². The first-order valence-corrected chi connectivity index (χ1v) is 12.6. The minimum atomic E-state index is -0.557. The van der Waals surface area contributed by atoms with E-state index >= 15 is 0 Å². The second kappa shape index (κ2) is 10.1. The molecule has 2 fully saturated rings. The van der Waals surface area contributed by atoms with E-state index in [9.17, 15) is 9.90 Å². The van der Waals surface area contributed by atoms with Crippen molar-refractivity contribution < 1.29 is 14.6 Å². The van der Waals surface area contributed by atoms with E-state index in [4.69, 9.17) is 4.74 Å². The predicted molar refractivity (Wildman–Crippen MR) is 128 cm³/mol. The van der Waals surface area contributed by atoms with Crippen LogP contribution in [0.15, 0.2) is 34.9 Å². The molecule has 3 nitrogen and oxygen atoms in total. The van der Waals surface area contributed by atoms with Gasteiger partial charge in [0.15, 0.2) is 0 Å². The van der Waals surface area contributed by atoms with Gasteiger partial charge in [0.25, 0.3) is 0 Å². The van der Waals surface area contributed by atoms with E-state index in [1.165, 1.54) is 44.6 Å². The van der Waals surface area contributed by atoms with Gasteiger partial charge < -0.3 is 9.84 Å². The fourth-order valence-corrected chi connectivity index (χ4v) is 6.38. The Hall–Kier alpha value is -1.35. The van der Waals surface area contributed by atoms with E-state index in [0.29, 0.717) is 17.3 Å². The van der Waals surface area contributed by atoms with Crippen molar-refractivity contribution in [3.8, 4) is 0 Å². The molecule has 0 spiro atoms. The largest absolute Gasteiger partial charge is 0.462 e. The van der Waals surface area contributed by atoms with Gasteiger partial charge in [-0.15, -0.1) is 0 Å². The third kappa shape index (κ3) is 6.34. The zero-order chi connectivity index (χ0) is 22.6. The minimum Gasteiger partial charge on any atom is -0.462 e. The molecule has 31 heavy (non-hydrogen) atoms. The first-order chi connectivity index (χ1) is 14.6. The number of aliphatic hydroxyl groups is 1. The fourth-order valence-electron chi connectivity index (χ4n) is 6.38. The highest BCUT2D eigenvalue weighted by molar-refractivity contribution is 5.66. The summed E-state index contributed by atoms with van der Waals surface area (Å²) in [5.74, 6) is 1.07. The first-order valence-electron chi connectivity index (χ1n) is 12.6. The third-order valence-corrected chi connectivity index (χ3v) is 7.95. The molecule has 0 bridgehead atoms. The van der Waals surface area contributed by atoms with Gasteiger partial charge in [0.2, 0.25) is 0 Å². The van der Waals surface area contributed by atoms with Crippen LogP contribution in [-0.4, -0.2) is 22.8 Å². The van der Waals surface area contributed by atoms with Gasteiger partial charge in [-0.2, -0.15) is 0 Å². The predicted octanol–water partition coefficient (Wildman–Crippen LogP) is 7.06. The van der Waals surface area contributed by atoms with Crippen LogP contribution < -0.4 is 0 Å². The molecule has 0 amide bonds. The number of fused-ring (bicyclic) bond motifs is 1. The normalized spacial score (nSPS) is 32.6. The van der Waals surface area contributed by atoms with Gasteiger partial charge in [-0.05, 0) is 88.9 Å². The van der Waals surface area contributed by atoms with Crippen LogP contribution in [0.25, 0.3) is 0 Å². The fraction of sp³-hybridized carbons (Fsp3) is 0.750. The molecule has 0 aromatic carbocycles. The maximum Gasteiger partial charge on any atom is 0.302 e. The average molecular weight is 429 g/mol. The number of carbonyl (C=O) groups is 1. The number of allylic oxidation sites excluding steroid dienone is 5. The summed E-state index contributed by atoms with van der Waals surface area (Å²) in [5, 5.41) is 10.0. The van der Waals surface area contributed by atoms with Crippen molar-refractivity contribution in [2.45, 2.75) is 117 Å².